The quantitative estimate of drug-likeness (QED) is 0.358. The molecule has 1 aromatic carbocycles. The molecule has 0 spiro atoms. The second-order valence-corrected chi connectivity index (χ2v) is 8.92. The first-order chi connectivity index (χ1) is 13.8. The largest absolute Gasteiger partial charge is 0.375 e. The zero-order valence-corrected chi connectivity index (χ0v) is 19.1. The summed E-state index contributed by atoms with van der Waals surface area (Å²) in [6, 6.07) is 3.16. The zero-order valence-electron chi connectivity index (χ0n) is 17.6. The molecule has 1 unspecified atom stereocenters. The zero-order chi connectivity index (χ0) is 21.4. The summed E-state index contributed by atoms with van der Waals surface area (Å²) in [5.74, 6) is -0.735. The van der Waals surface area contributed by atoms with Gasteiger partial charge < -0.3 is 10.0 Å². The van der Waals surface area contributed by atoms with Gasteiger partial charge in [-0.2, -0.15) is 0 Å². The third-order valence-corrected chi connectivity index (χ3v) is 6.42. The number of Topliss-reactive ketones (excluding diaryl/α,β-unsaturated/α-hetero) is 1. The molecule has 0 aromatic heterocycles. The van der Waals surface area contributed by atoms with Crippen LogP contribution in [0.5, 0.6) is 0 Å². The fraction of sp³-hybridized carbons (Fsp3) is 0.652. The first-order valence-electron chi connectivity index (χ1n) is 10.8. The number of halogens is 2. The molecule has 2 rings (SSSR count). The van der Waals surface area contributed by atoms with E-state index in [1.807, 2.05) is 0 Å². The average Bonchev–Trinajstić information content (AvgIpc) is 2.87. The summed E-state index contributed by atoms with van der Waals surface area (Å²) in [7, 11) is 0. The number of aliphatic hydroxyl groups is 1. The number of fused-ring (bicyclic) bond motifs is 1. The molecule has 29 heavy (non-hydrogen) atoms. The SMILES string of the molecule is CCCCCCCCCCCCN1C(=O)C(O)(CC(C)=O)c2ccc(Cl)c(Cl)c21. The molecule has 1 aliphatic rings. The van der Waals surface area contributed by atoms with E-state index in [0.717, 1.165) is 19.3 Å². The number of carbonyl (C=O) groups is 2. The molecule has 1 N–H and O–H groups in total. The van der Waals surface area contributed by atoms with E-state index in [1.54, 1.807) is 12.1 Å². The number of amides is 1. The third-order valence-electron chi connectivity index (χ3n) is 5.62. The maximum absolute atomic E-state index is 13.0. The van der Waals surface area contributed by atoms with Crippen molar-refractivity contribution in [3.05, 3.63) is 27.7 Å². The van der Waals surface area contributed by atoms with Crippen molar-refractivity contribution in [1.82, 2.24) is 0 Å². The molecule has 1 heterocycles. The Kier molecular flexibility index (Phi) is 9.45. The number of carbonyl (C=O) groups excluding carboxylic acids is 2. The lowest BCUT2D eigenvalue weighted by Gasteiger charge is -2.22. The van der Waals surface area contributed by atoms with Crippen molar-refractivity contribution in [3.8, 4) is 0 Å². The molecule has 1 aromatic rings. The van der Waals surface area contributed by atoms with Gasteiger partial charge in [0.05, 0.1) is 15.7 Å². The number of hydrogen-bond acceptors (Lipinski definition) is 3. The van der Waals surface area contributed by atoms with Crippen LogP contribution in [-0.2, 0) is 15.2 Å². The van der Waals surface area contributed by atoms with E-state index < -0.39 is 11.5 Å². The summed E-state index contributed by atoms with van der Waals surface area (Å²) in [6.07, 6.45) is 11.7. The van der Waals surface area contributed by atoms with Gasteiger partial charge in [0.15, 0.2) is 5.60 Å². The van der Waals surface area contributed by atoms with Crippen molar-refractivity contribution in [3.63, 3.8) is 0 Å². The van der Waals surface area contributed by atoms with Crippen LogP contribution < -0.4 is 4.90 Å². The molecular weight excluding hydrogens is 409 g/mol. The highest BCUT2D eigenvalue weighted by molar-refractivity contribution is 6.44. The van der Waals surface area contributed by atoms with E-state index in [0.29, 0.717) is 22.8 Å². The van der Waals surface area contributed by atoms with Crippen molar-refractivity contribution >= 4 is 40.6 Å². The molecule has 0 saturated carbocycles. The predicted molar refractivity (Wildman–Crippen MR) is 120 cm³/mol. The smallest absolute Gasteiger partial charge is 0.264 e. The molecule has 4 nitrogen and oxygen atoms in total. The standard InChI is InChI=1S/C23H33Cl2NO3/c1-3-4-5-6-7-8-9-10-11-12-15-26-21-18(13-14-19(24)20(21)25)23(29,22(26)28)16-17(2)27/h13-14,29H,3-12,15-16H2,1-2H3. The summed E-state index contributed by atoms with van der Waals surface area (Å²) in [5.41, 5.74) is -1.03. The molecule has 1 aliphatic heterocycles. The van der Waals surface area contributed by atoms with Crippen molar-refractivity contribution < 1.29 is 14.7 Å². The molecule has 0 aliphatic carbocycles. The Morgan fingerprint density at radius 3 is 2.10 bits per heavy atom. The van der Waals surface area contributed by atoms with Gasteiger partial charge in [-0.15, -0.1) is 0 Å². The van der Waals surface area contributed by atoms with Crippen LogP contribution in [0.15, 0.2) is 12.1 Å². The number of hydrogen-bond donors (Lipinski definition) is 1. The second kappa shape index (κ2) is 11.3. The average molecular weight is 442 g/mol. The Morgan fingerprint density at radius 2 is 1.55 bits per heavy atom. The van der Waals surface area contributed by atoms with Crippen LogP contribution >= 0.6 is 23.2 Å². The Morgan fingerprint density at radius 1 is 1.00 bits per heavy atom. The normalized spacial score (nSPS) is 18.4. The molecule has 1 amide bonds. The number of ketones is 1. The van der Waals surface area contributed by atoms with E-state index >= 15 is 0 Å². The fourth-order valence-electron chi connectivity index (χ4n) is 4.08. The van der Waals surface area contributed by atoms with Gasteiger partial charge in [0.2, 0.25) is 0 Å². The summed E-state index contributed by atoms with van der Waals surface area (Å²) in [6.45, 7) is 4.06. The first-order valence-corrected chi connectivity index (χ1v) is 11.6. The second-order valence-electron chi connectivity index (χ2n) is 8.14. The van der Waals surface area contributed by atoms with Crippen LogP contribution in [-0.4, -0.2) is 23.3 Å². The third kappa shape index (κ3) is 5.96. The molecule has 162 valence electrons. The maximum atomic E-state index is 13.0. The summed E-state index contributed by atoms with van der Waals surface area (Å²) in [4.78, 5) is 26.2. The minimum atomic E-state index is -1.85. The van der Waals surface area contributed by atoms with Gasteiger partial charge in [-0.3, -0.25) is 9.59 Å². The van der Waals surface area contributed by atoms with Crippen LogP contribution in [0.3, 0.4) is 0 Å². The minimum absolute atomic E-state index is 0.251. The molecule has 0 saturated heterocycles. The Labute approximate surface area is 184 Å². The molecule has 6 heteroatoms. The number of rotatable bonds is 13. The van der Waals surface area contributed by atoms with E-state index in [-0.39, 0.29) is 17.2 Å². The fourth-order valence-corrected chi connectivity index (χ4v) is 4.50. The van der Waals surface area contributed by atoms with Crippen molar-refractivity contribution in [1.29, 1.82) is 0 Å². The van der Waals surface area contributed by atoms with Crippen molar-refractivity contribution in [2.45, 2.75) is 90.1 Å². The molecule has 0 fully saturated rings. The highest BCUT2D eigenvalue weighted by Crippen LogP contribution is 2.48. The molecular formula is C23H33Cl2NO3. The highest BCUT2D eigenvalue weighted by Gasteiger charge is 2.51. The number of anilines is 1. The summed E-state index contributed by atoms with van der Waals surface area (Å²) >= 11 is 12.5. The van der Waals surface area contributed by atoms with Gasteiger partial charge in [-0.05, 0) is 19.4 Å². The van der Waals surface area contributed by atoms with Gasteiger partial charge in [0.1, 0.15) is 5.78 Å². The molecule has 1 atom stereocenters. The Hall–Kier alpha value is -1.10. The Balaban J connectivity index is 1.92. The van der Waals surface area contributed by atoms with Crippen LogP contribution in [0.25, 0.3) is 0 Å². The van der Waals surface area contributed by atoms with Gasteiger partial charge in [-0.25, -0.2) is 0 Å². The van der Waals surface area contributed by atoms with Gasteiger partial charge >= 0.3 is 0 Å². The topological polar surface area (TPSA) is 57.6 Å². The van der Waals surface area contributed by atoms with Crippen molar-refractivity contribution in [2.75, 3.05) is 11.4 Å². The van der Waals surface area contributed by atoms with Gasteiger partial charge in [-0.1, -0.05) is 94.0 Å². The lowest BCUT2D eigenvalue weighted by molar-refractivity contribution is -0.141. The van der Waals surface area contributed by atoms with Crippen LogP contribution in [0, 0.1) is 0 Å². The van der Waals surface area contributed by atoms with E-state index in [4.69, 9.17) is 23.2 Å². The van der Waals surface area contributed by atoms with Crippen LogP contribution in [0.1, 0.15) is 90.0 Å². The van der Waals surface area contributed by atoms with Crippen LogP contribution in [0.4, 0.5) is 5.69 Å². The lowest BCUT2D eigenvalue weighted by Crippen LogP contribution is -2.42. The Bertz CT molecular complexity index is 722. The number of benzene rings is 1. The predicted octanol–water partition coefficient (Wildman–Crippen LogP) is 6.43. The summed E-state index contributed by atoms with van der Waals surface area (Å²) in [5, 5.41) is 11.6. The van der Waals surface area contributed by atoms with Crippen LogP contribution in [0.2, 0.25) is 10.0 Å². The minimum Gasteiger partial charge on any atom is -0.375 e. The lowest BCUT2D eigenvalue weighted by atomic mass is 9.90. The number of unbranched alkanes of at least 4 members (excludes halogenated alkanes) is 9. The molecule has 0 radical (unpaired) electrons. The highest BCUT2D eigenvalue weighted by atomic mass is 35.5. The van der Waals surface area contributed by atoms with Gasteiger partial charge in [0.25, 0.3) is 5.91 Å². The maximum Gasteiger partial charge on any atom is 0.264 e. The van der Waals surface area contributed by atoms with Crippen molar-refractivity contribution in [2.24, 2.45) is 0 Å². The van der Waals surface area contributed by atoms with E-state index in [9.17, 15) is 14.7 Å². The van der Waals surface area contributed by atoms with Gasteiger partial charge in [0, 0.05) is 18.5 Å². The first kappa shape index (κ1) is 24.2. The van der Waals surface area contributed by atoms with E-state index in [1.165, 1.54) is 56.8 Å². The monoisotopic (exact) mass is 441 g/mol. The molecule has 0 bridgehead atoms. The summed E-state index contributed by atoms with van der Waals surface area (Å²) < 4.78 is 0. The number of nitrogens with zero attached hydrogens (tertiary/aromatic N) is 1. The van der Waals surface area contributed by atoms with E-state index in [2.05, 4.69) is 6.92 Å².